The number of carbonyl (C=O) groups excluding carboxylic acids is 3. The molecule has 4 aliphatic rings. The van der Waals surface area contributed by atoms with E-state index in [1.165, 1.54) is 11.6 Å². The zero-order chi connectivity index (χ0) is 32.1. The van der Waals surface area contributed by atoms with Crippen LogP contribution in [0.1, 0.15) is 119 Å². The highest BCUT2D eigenvalue weighted by atomic mass is 16.6. The third-order valence-electron chi connectivity index (χ3n) is 10.8. The van der Waals surface area contributed by atoms with E-state index >= 15 is 0 Å². The Balaban J connectivity index is 1.26. The molecular weight excluding hydrogens is 562 g/mol. The topological polar surface area (TPSA) is 120 Å². The fourth-order valence-corrected chi connectivity index (χ4v) is 8.03. The van der Waals surface area contributed by atoms with Gasteiger partial charge in [-0.15, -0.1) is 0 Å². The smallest absolute Gasteiger partial charge is 0.407 e. The lowest BCUT2D eigenvalue weighted by Gasteiger charge is -2.60. The van der Waals surface area contributed by atoms with Gasteiger partial charge in [0.05, 0.1) is 12.7 Å². The fraction of sp³-hybridized carbons (Fsp3) is 0.800. The van der Waals surface area contributed by atoms with E-state index in [4.69, 9.17) is 18.9 Å². The zero-order valence-corrected chi connectivity index (χ0v) is 27.7. The number of carbonyl (C=O) groups is 3. The first-order chi connectivity index (χ1) is 20.7. The van der Waals surface area contributed by atoms with Crippen LogP contribution in [0.15, 0.2) is 23.3 Å². The van der Waals surface area contributed by atoms with Crippen molar-refractivity contribution in [3.8, 4) is 0 Å². The molecule has 1 unspecified atom stereocenters. The van der Waals surface area contributed by atoms with Crippen molar-refractivity contribution in [2.45, 2.75) is 143 Å². The van der Waals surface area contributed by atoms with Crippen molar-refractivity contribution in [2.75, 3.05) is 13.2 Å². The molecule has 2 saturated carbocycles. The van der Waals surface area contributed by atoms with Gasteiger partial charge in [-0.1, -0.05) is 33.3 Å². The molecule has 2 aliphatic carbocycles. The number of hydrogen-bond acceptors (Lipinski definition) is 8. The molecule has 0 aromatic rings. The van der Waals surface area contributed by atoms with Crippen molar-refractivity contribution in [3.63, 3.8) is 0 Å². The van der Waals surface area contributed by atoms with Crippen LogP contribution in [-0.2, 0) is 28.5 Å². The van der Waals surface area contributed by atoms with Crippen LogP contribution in [-0.4, -0.2) is 60.4 Å². The summed E-state index contributed by atoms with van der Waals surface area (Å²) in [6, 6.07) is 0. The van der Waals surface area contributed by atoms with Crippen LogP contribution >= 0.6 is 0 Å². The van der Waals surface area contributed by atoms with Gasteiger partial charge in [-0.05, 0) is 108 Å². The molecule has 2 N–H and O–H groups in total. The van der Waals surface area contributed by atoms with Crippen molar-refractivity contribution in [1.29, 1.82) is 0 Å². The monoisotopic (exact) mass is 617 g/mol. The Morgan fingerprint density at radius 3 is 2.57 bits per heavy atom. The molecule has 2 heterocycles. The minimum atomic E-state index is -1.21. The number of unbranched alkanes of at least 4 members (excludes halogenated alkanes) is 2. The second-order valence-electron chi connectivity index (χ2n) is 15.0. The van der Waals surface area contributed by atoms with Gasteiger partial charge in [0.15, 0.2) is 0 Å². The maximum absolute atomic E-state index is 13.0. The summed E-state index contributed by atoms with van der Waals surface area (Å²) in [5.41, 5.74) is 1.35. The summed E-state index contributed by atoms with van der Waals surface area (Å²) in [4.78, 5) is 36.3. The number of aliphatic hydroxyl groups excluding tert-OH is 1. The quantitative estimate of drug-likeness (QED) is 0.116. The van der Waals surface area contributed by atoms with E-state index in [1.54, 1.807) is 0 Å². The lowest BCUT2D eigenvalue weighted by Crippen LogP contribution is -2.56. The van der Waals surface area contributed by atoms with Gasteiger partial charge < -0.3 is 29.4 Å². The highest BCUT2D eigenvalue weighted by molar-refractivity contribution is 5.85. The number of amides is 1. The van der Waals surface area contributed by atoms with E-state index in [-0.39, 0.29) is 29.0 Å². The van der Waals surface area contributed by atoms with Gasteiger partial charge in [-0.3, -0.25) is 4.79 Å². The highest BCUT2D eigenvalue weighted by Gasteiger charge is 2.57. The molecule has 1 amide bonds. The van der Waals surface area contributed by atoms with Crippen molar-refractivity contribution >= 4 is 18.0 Å². The molecule has 0 aromatic carbocycles. The second-order valence-corrected chi connectivity index (χ2v) is 15.0. The molecule has 0 spiro atoms. The summed E-state index contributed by atoms with van der Waals surface area (Å²) in [5.74, 6) is 0.424. The number of alkyl carbamates (subject to hydrolysis) is 1. The van der Waals surface area contributed by atoms with E-state index in [2.05, 4.69) is 32.2 Å². The summed E-state index contributed by atoms with van der Waals surface area (Å²) in [7, 11) is 0. The van der Waals surface area contributed by atoms with Crippen molar-refractivity contribution in [2.24, 2.45) is 22.7 Å². The number of nitrogens with one attached hydrogen (secondary N) is 1. The maximum atomic E-state index is 13.0. The second kappa shape index (κ2) is 14.4. The standard InChI is InChI=1S/C35H55NO8/c1-23-16-18-35(6)27(34(23,5)19-17-24-14-15-26(41-22-24)25-21-30(38)43-31(25)39)11-10-12-28(35)42-29(37)13-8-7-9-20-36-32(40)44-33(2,3)4/h14,21,23,26-28,31,39H,7-13,15-20,22H2,1-6H3,(H,36,40)/t23-,26+,27+,28+,31?,34-,35+/m0/s1. The number of esters is 2. The van der Waals surface area contributed by atoms with Crippen LogP contribution in [0.4, 0.5) is 4.79 Å². The lowest BCUT2D eigenvalue weighted by atomic mass is 9.46. The molecule has 9 heteroatoms. The van der Waals surface area contributed by atoms with Crippen molar-refractivity contribution in [1.82, 2.24) is 5.32 Å². The summed E-state index contributed by atoms with van der Waals surface area (Å²) < 4.78 is 22.4. The third kappa shape index (κ3) is 8.45. The number of ether oxygens (including phenoxy) is 4. The van der Waals surface area contributed by atoms with E-state index in [0.717, 1.165) is 64.2 Å². The van der Waals surface area contributed by atoms with Gasteiger partial charge in [-0.25, -0.2) is 9.59 Å². The van der Waals surface area contributed by atoms with Crippen LogP contribution in [0, 0.1) is 22.7 Å². The van der Waals surface area contributed by atoms with Crippen LogP contribution in [0.5, 0.6) is 0 Å². The molecule has 2 fully saturated rings. The summed E-state index contributed by atoms with van der Waals surface area (Å²) in [5, 5.41) is 12.8. The Hall–Kier alpha value is -2.39. The van der Waals surface area contributed by atoms with Crippen LogP contribution < -0.4 is 5.32 Å². The minimum Gasteiger partial charge on any atom is -0.462 e. The van der Waals surface area contributed by atoms with Gasteiger partial charge in [0.1, 0.15) is 11.7 Å². The number of hydrogen-bond donors (Lipinski definition) is 2. The van der Waals surface area contributed by atoms with Crippen molar-refractivity contribution < 1.29 is 38.4 Å². The molecule has 44 heavy (non-hydrogen) atoms. The Morgan fingerprint density at radius 2 is 1.91 bits per heavy atom. The SMILES string of the molecule is C[C@H]1CC[C@]2(C)[C@H](CCC[C@H]2OC(=O)CCCCCNC(=O)OC(C)(C)C)[C@@]1(C)CCC1=CC[C@H](C2=CC(=O)OC2O)OC1. The molecule has 7 atom stereocenters. The Morgan fingerprint density at radius 1 is 1.14 bits per heavy atom. The molecule has 2 aliphatic heterocycles. The summed E-state index contributed by atoms with van der Waals surface area (Å²) in [6.07, 6.45) is 12.3. The molecule has 0 radical (unpaired) electrons. The molecule has 9 nitrogen and oxygen atoms in total. The number of fused-ring (bicyclic) bond motifs is 1. The van der Waals surface area contributed by atoms with Crippen molar-refractivity contribution in [3.05, 3.63) is 23.3 Å². The van der Waals surface area contributed by atoms with Crippen LogP contribution in [0.2, 0.25) is 0 Å². The molecule has 248 valence electrons. The van der Waals surface area contributed by atoms with Crippen LogP contribution in [0.3, 0.4) is 0 Å². The van der Waals surface area contributed by atoms with Gasteiger partial charge in [-0.2, -0.15) is 0 Å². The molecular formula is C35H55NO8. The van der Waals surface area contributed by atoms with Crippen LogP contribution in [0.25, 0.3) is 0 Å². The predicted octanol–water partition coefficient (Wildman–Crippen LogP) is 6.52. The van der Waals surface area contributed by atoms with E-state index in [0.29, 0.717) is 43.4 Å². The Labute approximate surface area is 263 Å². The summed E-state index contributed by atoms with van der Waals surface area (Å²) in [6.45, 7) is 13.7. The maximum Gasteiger partial charge on any atom is 0.407 e. The first-order valence-corrected chi connectivity index (χ1v) is 16.8. The first kappa shape index (κ1) is 34.5. The van der Waals surface area contributed by atoms with E-state index < -0.39 is 24.0 Å². The molecule has 4 rings (SSSR count). The number of rotatable bonds is 11. The number of aliphatic hydroxyl groups is 1. The van der Waals surface area contributed by atoms with E-state index in [9.17, 15) is 19.5 Å². The normalized spacial score (nSPS) is 33.9. The lowest BCUT2D eigenvalue weighted by molar-refractivity contribution is -0.182. The Bertz CT molecular complexity index is 1110. The van der Waals surface area contributed by atoms with Gasteiger partial charge in [0.25, 0.3) is 0 Å². The third-order valence-corrected chi connectivity index (χ3v) is 10.8. The van der Waals surface area contributed by atoms with Gasteiger partial charge >= 0.3 is 18.0 Å². The fourth-order valence-electron chi connectivity index (χ4n) is 8.03. The van der Waals surface area contributed by atoms with Gasteiger partial charge in [0.2, 0.25) is 6.29 Å². The van der Waals surface area contributed by atoms with Gasteiger partial charge in [0, 0.05) is 30.0 Å². The zero-order valence-electron chi connectivity index (χ0n) is 27.7. The molecule has 0 aromatic heterocycles. The first-order valence-electron chi connectivity index (χ1n) is 16.8. The number of cyclic esters (lactones) is 1. The molecule has 0 bridgehead atoms. The Kier molecular flexibility index (Phi) is 11.3. The largest absolute Gasteiger partial charge is 0.462 e. The predicted molar refractivity (Wildman–Crippen MR) is 166 cm³/mol. The highest BCUT2D eigenvalue weighted by Crippen LogP contribution is 2.62. The van der Waals surface area contributed by atoms with E-state index in [1.807, 2.05) is 20.8 Å². The summed E-state index contributed by atoms with van der Waals surface area (Å²) >= 11 is 0. The average molecular weight is 618 g/mol. The molecule has 0 saturated heterocycles. The minimum absolute atomic E-state index is 0.0350. The average Bonchev–Trinajstić information content (AvgIpc) is 3.29.